The summed E-state index contributed by atoms with van der Waals surface area (Å²) in [6, 6.07) is 11.8. The molecule has 0 aliphatic rings. The van der Waals surface area contributed by atoms with Crippen LogP contribution in [0.4, 0.5) is 0 Å². The van der Waals surface area contributed by atoms with Crippen molar-refractivity contribution in [3.8, 4) is 22.9 Å². The van der Waals surface area contributed by atoms with Gasteiger partial charge in [0, 0.05) is 0 Å². The molecule has 3 rings (SSSR count). The maximum absolute atomic E-state index is 11.9. The lowest BCUT2D eigenvalue weighted by molar-refractivity contribution is -0.123. The average Bonchev–Trinajstić information content (AvgIpc) is 3.32. The van der Waals surface area contributed by atoms with Crippen molar-refractivity contribution in [2.45, 2.75) is 0 Å². The average molecular weight is 425 g/mol. The molecule has 0 spiro atoms. The molecule has 12 heteroatoms. The van der Waals surface area contributed by atoms with Crippen LogP contribution in [-0.4, -0.2) is 58.6 Å². The van der Waals surface area contributed by atoms with Crippen molar-refractivity contribution in [3.05, 3.63) is 54.4 Å². The number of benzene rings is 2. The lowest BCUT2D eigenvalue weighted by Gasteiger charge is -2.09. The number of hydrogen-bond acceptors (Lipinski definition) is 9. The standard InChI is InChI=1S/C19H19N7O5/c1-29-17-8-13(2-7-16(17)31-10-18(20)27)9-21-23-19(28)11-30-15-5-3-14(4-6-15)26-12-22-24-25-26/h2-9,12H,10-11H2,1H3,(H2,20,27)(H,23,28)/b21-9+. The number of amides is 2. The van der Waals surface area contributed by atoms with E-state index in [9.17, 15) is 9.59 Å². The molecule has 0 fully saturated rings. The minimum absolute atomic E-state index is 0.217. The van der Waals surface area contributed by atoms with E-state index in [0.29, 0.717) is 22.8 Å². The Balaban J connectivity index is 1.48. The molecule has 0 saturated heterocycles. The smallest absolute Gasteiger partial charge is 0.277 e. The zero-order chi connectivity index (χ0) is 22.1. The fourth-order valence-corrected chi connectivity index (χ4v) is 2.37. The third kappa shape index (κ3) is 6.25. The van der Waals surface area contributed by atoms with Crippen LogP contribution in [0.1, 0.15) is 5.56 Å². The van der Waals surface area contributed by atoms with Gasteiger partial charge < -0.3 is 19.9 Å². The molecular weight excluding hydrogens is 406 g/mol. The van der Waals surface area contributed by atoms with Crippen molar-refractivity contribution in [2.75, 3.05) is 20.3 Å². The minimum atomic E-state index is -0.596. The van der Waals surface area contributed by atoms with Crippen molar-refractivity contribution in [1.29, 1.82) is 0 Å². The Kier molecular flexibility index (Phi) is 7.08. The number of nitrogens with one attached hydrogen (secondary N) is 1. The minimum Gasteiger partial charge on any atom is -0.493 e. The lowest BCUT2D eigenvalue weighted by atomic mass is 10.2. The van der Waals surface area contributed by atoms with Gasteiger partial charge in [-0.3, -0.25) is 9.59 Å². The third-order valence-corrected chi connectivity index (χ3v) is 3.78. The highest BCUT2D eigenvalue weighted by atomic mass is 16.5. The molecule has 1 aromatic heterocycles. The summed E-state index contributed by atoms with van der Waals surface area (Å²) in [4.78, 5) is 22.7. The van der Waals surface area contributed by atoms with Crippen LogP contribution in [0.3, 0.4) is 0 Å². The van der Waals surface area contributed by atoms with Gasteiger partial charge >= 0.3 is 0 Å². The number of methoxy groups -OCH3 is 1. The summed E-state index contributed by atoms with van der Waals surface area (Å²) in [7, 11) is 1.46. The van der Waals surface area contributed by atoms with E-state index in [0.717, 1.165) is 5.69 Å². The predicted molar refractivity (Wildman–Crippen MR) is 108 cm³/mol. The van der Waals surface area contributed by atoms with Crippen LogP contribution in [0.2, 0.25) is 0 Å². The highest BCUT2D eigenvalue weighted by Gasteiger charge is 2.07. The maximum Gasteiger partial charge on any atom is 0.277 e. The fourth-order valence-electron chi connectivity index (χ4n) is 2.37. The Morgan fingerprint density at radius 3 is 2.61 bits per heavy atom. The topological polar surface area (TPSA) is 156 Å². The SMILES string of the molecule is COc1cc(/C=N/NC(=O)COc2ccc(-n3cnnn3)cc2)ccc1OCC(N)=O. The van der Waals surface area contributed by atoms with Crippen LogP contribution in [-0.2, 0) is 9.59 Å². The van der Waals surface area contributed by atoms with Gasteiger partial charge in [-0.25, -0.2) is 10.1 Å². The van der Waals surface area contributed by atoms with E-state index in [1.54, 1.807) is 42.5 Å². The van der Waals surface area contributed by atoms with Crippen molar-refractivity contribution in [2.24, 2.45) is 10.8 Å². The number of nitrogens with zero attached hydrogens (tertiary/aromatic N) is 5. The lowest BCUT2D eigenvalue weighted by Crippen LogP contribution is -2.24. The van der Waals surface area contributed by atoms with E-state index in [1.165, 1.54) is 24.3 Å². The van der Waals surface area contributed by atoms with E-state index in [4.69, 9.17) is 19.9 Å². The Labute approximate surface area is 176 Å². The zero-order valence-electron chi connectivity index (χ0n) is 16.5. The Morgan fingerprint density at radius 1 is 1.13 bits per heavy atom. The van der Waals surface area contributed by atoms with Crippen LogP contribution in [0.15, 0.2) is 53.9 Å². The van der Waals surface area contributed by atoms with Gasteiger partial charge in [-0.2, -0.15) is 5.10 Å². The van der Waals surface area contributed by atoms with E-state index in [1.807, 2.05) is 0 Å². The van der Waals surface area contributed by atoms with Gasteiger partial charge in [-0.05, 0) is 58.5 Å². The Hall–Kier alpha value is -4.48. The molecule has 0 unspecified atom stereocenters. The normalized spacial score (nSPS) is 10.6. The molecule has 0 aliphatic heterocycles. The molecule has 2 amide bonds. The molecule has 0 radical (unpaired) electrons. The second kappa shape index (κ2) is 10.3. The number of rotatable bonds is 10. The van der Waals surface area contributed by atoms with Crippen LogP contribution >= 0.6 is 0 Å². The monoisotopic (exact) mass is 425 g/mol. The van der Waals surface area contributed by atoms with E-state index < -0.39 is 11.8 Å². The molecule has 1 heterocycles. The molecule has 3 N–H and O–H groups in total. The van der Waals surface area contributed by atoms with Gasteiger partial charge in [0.1, 0.15) is 12.1 Å². The second-order valence-corrected chi connectivity index (χ2v) is 6.00. The Bertz CT molecular complexity index is 1050. The van der Waals surface area contributed by atoms with Crippen molar-refractivity contribution in [1.82, 2.24) is 25.6 Å². The number of primary amides is 1. The molecule has 0 atom stereocenters. The van der Waals surface area contributed by atoms with Gasteiger partial charge in [0.05, 0.1) is 19.0 Å². The van der Waals surface area contributed by atoms with E-state index in [-0.39, 0.29) is 13.2 Å². The molecule has 3 aromatic rings. The van der Waals surface area contributed by atoms with Gasteiger partial charge in [-0.15, -0.1) is 5.10 Å². The molecule has 12 nitrogen and oxygen atoms in total. The van der Waals surface area contributed by atoms with E-state index >= 15 is 0 Å². The molecule has 160 valence electrons. The number of carbonyl (C=O) groups is 2. The molecule has 0 saturated carbocycles. The number of carbonyl (C=O) groups excluding carboxylic acids is 2. The van der Waals surface area contributed by atoms with Crippen LogP contribution in [0.5, 0.6) is 17.2 Å². The first-order valence-electron chi connectivity index (χ1n) is 8.92. The van der Waals surface area contributed by atoms with Crippen molar-refractivity contribution >= 4 is 18.0 Å². The summed E-state index contributed by atoms with van der Waals surface area (Å²) in [5.41, 5.74) is 8.83. The quantitative estimate of drug-likeness (QED) is 0.341. The number of tetrazole rings is 1. The highest BCUT2D eigenvalue weighted by Crippen LogP contribution is 2.27. The first-order chi connectivity index (χ1) is 15.0. The van der Waals surface area contributed by atoms with Gasteiger partial charge in [0.15, 0.2) is 24.7 Å². The van der Waals surface area contributed by atoms with Gasteiger partial charge in [-0.1, -0.05) is 0 Å². The molecule has 2 aromatic carbocycles. The largest absolute Gasteiger partial charge is 0.493 e. The fraction of sp³-hybridized carbons (Fsp3) is 0.158. The summed E-state index contributed by atoms with van der Waals surface area (Å²) in [6.07, 6.45) is 2.90. The first-order valence-corrected chi connectivity index (χ1v) is 8.92. The van der Waals surface area contributed by atoms with Crippen LogP contribution in [0.25, 0.3) is 5.69 Å². The number of aromatic nitrogens is 4. The summed E-state index contributed by atoms with van der Waals surface area (Å²) >= 11 is 0. The van der Waals surface area contributed by atoms with Crippen LogP contribution < -0.4 is 25.4 Å². The second-order valence-electron chi connectivity index (χ2n) is 6.00. The summed E-state index contributed by atoms with van der Waals surface area (Å²) in [5.74, 6) is 0.231. The maximum atomic E-state index is 11.9. The Morgan fingerprint density at radius 2 is 1.94 bits per heavy atom. The van der Waals surface area contributed by atoms with Crippen molar-refractivity contribution < 1.29 is 23.8 Å². The third-order valence-electron chi connectivity index (χ3n) is 3.78. The van der Waals surface area contributed by atoms with E-state index in [2.05, 4.69) is 26.1 Å². The van der Waals surface area contributed by atoms with Crippen molar-refractivity contribution in [3.63, 3.8) is 0 Å². The molecular formula is C19H19N7O5. The first kappa shape index (κ1) is 21.2. The predicted octanol–water partition coefficient (Wildman–Crippen LogP) is 0.0641. The zero-order valence-corrected chi connectivity index (χ0v) is 16.5. The number of ether oxygens (including phenoxy) is 3. The molecule has 31 heavy (non-hydrogen) atoms. The summed E-state index contributed by atoms with van der Waals surface area (Å²) in [5, 5.41) is 14.8. The number of hydrazone groups is 1. The number of hydrogen-bond donors (Lipinski definition) is 2. The van der Waals surface area contributed by atoms with Gasteiger partial charge in [0.2, 0.25) is 0 Å². The number of nitrogens with two attached hydrogens (primary N) is 1. The summed E-state index contributed by atoms with van der Waals surface area (Å²) in [6.45, 7) is -0.481. The molecule has 0 bridgehead atoms. The van der Waals surface area contributed by atoms with Gasteiger partial charge in [0.25, 0.3) is 11.8 Å². The molecule has 0 aliphatic carbocycles. The summed E-state index contributed by atoms with van der Waals surface area (Å²) < 4.78 is 17.4. The highest BCUT2D eigenvalue weighted by molar-refractivity contribution is 5.83. The van der Waals surface area contributed by atoms with Crippen LogP contribution in [0, 0.1) is 0 Å².